The van der Waals surface area contributed by atoms with Crippen LogP contribution in [0.3, 0.4) is 0 Å². The Morgan fingerprint density at radius 2 is 2.11 bits per heavy atom. The van der Waals surface area contributed by atoms with Gasteiger partial charge in [-0.25, -0.2) is 0 Å². The van der Waals surface area contributed by atoms with Crippen LogP contribution in [-0.4, -0.2) is 13.0 Å². The maximum Gasteiger partial charge on any atom is 0.144 e. The molecule has 1 N–H and O–H groups in total. The second-order valence-corrected chi connectivity index (χ2v) is 2.76. The summed E-state index contributed by atoms with van der Waals surface area (Å²) in [5.74, 6) is 0.331. The lowest BCUT2D eigenvalue weighted by atomic mass is 9.95. The van der Waals surface area contributed by atoms with Crippen LogP contribution < -0.4 is 5.46 Å². The number of hydrogen-bond donors (Lipinski definition) is 1. The first-order chi connectivity index (χ1) is 4.22. The van der Waals surface area contributed by atoms with Crippen molar-refractivity contribution in [2.24, 2.45) is 0 Å². The SMILES string of the molecule is Bc1cccc(Br)c1O. The lowest BCUT2D eigenvalue weighted by Gasteiger charge is -1.97. The van der Waals surface area contributed by atoms with Crippen LogP contribution in [0.4, 0.5) is 0 Å². The summed E-state index contributed by atoms with van der Waals surface area (Å²) in [7, 11) is 1.86. The summed E-state index contributed by atoms with van der Waals surface area (Å²) < 4.78 is 0.752. The minimum Gasteiger partial charge on any atom is -0.507 e. The molecule has 0 amide bonds. The zero-order valence-corrected chi connectivity index (χ0v) is 6.64. The molecule has 0 aromatic heterocycles. The summed E-state index contributed by atoms with van der Waals surface area (Å²) >= 11 is 3.20. The van der Waals surface area contributed by atoms with E-state index in [0.29, 0.717) is 5.75 Å². The van der Waals surface area contributed by atoms with Crippen LogP contribution in [-0.2, 0) is 0 Å². The molecule has 1 aromatic carbocycles. The van der Waals surface area contributed by atoms with Gasteiger partial charge in [-0.05, 0) is 27.5 Å². The Balaban J connectivity index is 3.25. The summed E-state index contributed by atoms with van der Waals surface area (Å²) in [4.78, 5) is 0. The Labute approximate surface area is 63.2 Å². The van der Waals surface area contributed by atoms with Gasteiger partial charge in [0.05, 0.1) is 4.47 Å². The number of phenolic OH excluding ortho intramolecular Hbond substituents is 1. The minimum absolute atomic E-state index is 0.331. The molecule has 46 valence electrons. The third kappa shape index (κ3) is 1.27. The quantitative estimate of drug-likeness (QED) is 0.580. The van der Waals surface area contributed by atoms with E-state index in [2.05, 4.69) is 15.9 Å². The van der Waals surface area contributed by atoms with Crippen LogP contribution in [0.25, 0.3) is 0 Å². The fourth-order valence-electron chi connectivity index (χ4n) is 0.623. The standard InChI is InChI=1S/C6H6BBrO/c7-4-2-1-3-5(8)6(4)9/h1-3,9H,7H2. The Morgan fingerprint density at radius 3 is 2.56 bits per heavy atom. The zero-order valence-electron chi connectivity index (χ0n) is 5.06. The second-order valence-electron chi connectivity index (χ2n) is 1.91. The van der Waals surface area contributed by atoms with Gasteiger partial charge in [0.1, 0.15) is 13.6 Å². The van der Waals surface area contributed by atoms with Gasteiger partial charge in [-0.3, -0.25) is 0 Å². The monoisotopic (exact) mass is 184 g/mol. The fraction of sp³-hybridized carbons (Fsp3) is 0. The van der Waals surface area contributed by atoms with Gasteiger partial charge in [0.15, 0.2) is 0 Å². The van der Waals surface area contributed by atoms with Crippen LogP contribution in [0.15, 0.2) is 22.7 Å². The molecule has 0 atom stereocenters. The maximum absolute atomic E-state index is 9.16. The Bertz CT molecular complexity index is 204. The van der Waals surface area contributed by atoms with E-state index in [1.54, 1.807) is 0 Å². The van der Waals surface area contributed by atoms with E-state index in [1.165, 1.54) is 0 Å². The molecule has 0 fully saturated rings. The number of benzene rings is 1. The average Bonchev–Trinajstić information content (AvgIpc) is 1.83. The van der Waals surface area contributed by atoms with Crippen LogP contribution in [0.1, 0.15) is 0 Å². The summed E-state index contributed by atoms with van der Waals surface area (Å²) in [6.45, 7) is 0. The second kappa shape index (κ2) is 2.44. The van der Waals surface area contributed by atoms with Crippen molar-refractivity contribution in [2.75, 3.05) is 0 Å². The predicted molar refractivity (Wildman–Crippen MR) is 44.0 cm³/mol. The summed E-state index contributed by atoms with van der Waals surface area (Å²) in [5, 5.41) is 9.16. The molecule has 0 saturated carbocycles. The topological polar surface area (TPSA) is 20.2 Å². The van der Waals surface area contributed by atoms with Gasteiger partial charge in [0.2, 0.25) is 0 Å². The molecular weight excluding hydrogens is 179 g/mol. The lowest BCUT2D eigenvalue weighted by molar-refractivity contribution is 0.476. The van der Waals surface area contributed by atoms with Crippen molar-refractivity contribution in [2.45, 2.75) is 0 Å². The van der Waals surface area contributed by atoms with E-state index in [9.17, 15) is 0 Å². The number of halogens is 1. The van der Waals surface area contributed by atoms with Crippen molar-refractivity contribution in [3.8, 4) is 5.75 Å². The minimum atomic E-state index is 0.331. The molecule has 0 spiro atoms. The Kier molecular flexibility index (Phi) is 1.81. The number of aromatic hydroxyl groups is 1. The van der Waals surface area contributed by atoms with E-state index in [0.717, 1.165) is 9.94 Å². The third-order valence-corrected chi connectivity index (χ3v) is 1.83. The summed E-state index contributed by atoms with van der Waals surface area (Å²) in [6.07, 6.45) is 0. The van der Waals surface area contributed by atoms with Gasteiger partial charge in [-0.15, -0.1) is 0 Å². The summed E-state index contributed by atoms with van der Waals surface area (Å²) in [6, 6.07) is 5.56. The molecule has 9 heavy (non-hydrogen) atoms. The van der Waals surface area contributed by atoms with Crippen molar-refractivity contribution in [3.05, 3.63) is 22.7 Å². The predicted octanol–water partition coefficient (Wildman–Crippen LogP) is 0.413. The van der Waals surface area contributed by atoms with Crippen molar-refractivity contribution in [3.63, 3.8) is 0 Å². The maximum atomic E-state index is 9.16. The third-order valence-electron chi connectivity index (χ3n) is 1.19. The largest absolute Gasteiger partial charge is 0.507 e. The highest BCUT2D eigenvalue weighted by molar-refractivity contribution is 9.10. The molecular formula is C6H6BBrO. The first kappa shape index (κ1) is 6.68. The van der Waals surface area contributed by atoms with Gasteiger partial charge in [0.25, 0.3) is 0 Å². The van der Waals surface area contributed by atoms with Gasteiger partial charge in [-0.1, -0.05) is 12.1 Å². The molecule has 0 unspecified atom stereocenters. The van der Waals surface area contributed by atoms with Crippen LogP contribution in [0.5, 0.6) is 5.75 Å². The zero-order chi connectivity index (χ0) is 6.85. The Morgan fingerprint density at radius 1 is 1.44 bits per heavy atom. The molecule has 0 aliphatic heterocycles. The highest BCUT2D eigenvalue weighted by atomic mass is 79.9. The van der Waals surface area contributed by atoms with E-state index < -0.39 is 0 Å². The van der Waals surface area contributed by atoms with Gasteiger partial charge < -0.3 is 5.11 Å². The molecule has 1 rings (SSSR count). The average molecular weight is 185 g/mol. The molecule has 0 heterocycles. The molecule has 1 nitrogen and oxygen atoms in total. The molecule has 0 saturated heterocycles. The van der Waals surface area contributed by atoms with E-state index >= 15 is 0 Å². The molecule has 0 aliphatic carbocycles. The van der Waals surface area contributed by atoms with Gasteiger partial charge >= 0.3 is 0 Å². The fourth-order valence-corrected chi connectivity index (χ4v) is 1.09. The Hall–Kier alpha value is -0.435. The highest BCUT2D eigenvalue weighted by Crippen LogP contribution is 2.18. The first-order valence-electron chi connectivity index (χ1n) is 2.66. The molecule has 3 heteroatoms. The summed E-state index contributed by atoms with van der Waals surface area (Å²) in [5.41, 5.74) is 0.893. The van der Waals surface area contributed by atoms with Crippen molar-refractivity contribution in [1.82, 2.24) is 0 Å². The molecule has 0 radical (unpaired) electrons. The van der Waals surface area contributed by atoms with E-state index in [1.807, 2.05) is 26.0 Å². The highest BCUT2D eigenvalue weighted by Gasteiger charge is 1.96. The number of hydrogen-bond acceptors (Lipinski definition) is 1. The normalized spacial score (nSPS) is 9.44. The first-order valence-corrected chi connectivity index (χ1v) is 3.45. The van der Waals surface area contributed by atoms with Crippen molar-refractivity contribution < 1.29 is 5.11 Å². The van der Waals surface area contributed by atoms with E-state index in [-0.39, 0.29) is 0 Å². The van der Waals surface area contributed by atoms with Crippen molar-refractivity contribution >= 4 is 29.2 Å². The van der Waals surface area contributed by atoms with Crippen LogP contribution >= 0.6 is 15.9 Å². The lowest BCUT2D eigenvalue weighted by Crippen LogP contribution is -2.01. The number of rotatable bonds is 0. The van der Waals surface area contributed by atoms with Gasteiger partial charge in [0, 0.05) is 0 Å². The number of phenols is 1. The van der Waals surface area contributed by atoms with Crippen molar-refractivity contribution in [1.29, 1.82) is 0 Å². The van der Waals surface area contributed by atoms with Crippen LogP contribution in [0, 0.1) is 0 Å². The van der Waals surface area contributed by atoms with E-state index in [4.69, 9.17) is 5.11 Å². The molecule has 0 bridgehead atoms. The number of para-hydroxylation sites is 1. The smallest absolute Gasteiger partial charge is 0.144 e. The van der Waals surface area contributed by atoms with Gasteiger partial charge in [-0.2, -0.15) is 0 Å². The molecule has 0 aliphatic rings. The molecule has 1 aromatic rings. The van der Waals surface area contributed by atoms with Crippen LogP contribution in [0.2, 0.25) is 0 Å².